The first-order chi connectivity index (χ1) is 24.0. The summed E-state index contributed by atoms with van der Waals surface area (Å²) in [5.74, 6) is -1.93. The van der Waals surface area contributed by atoms with Gasteiger partial charge in [-0.25, -0.2) is 8.78 Å². The third kappa shape index (κ3) is 7.92. The lowest BCUT2D eigenvalue weighted by Gasteiger charge is -2.41. The van der Waals surface area contributed by atoms with Gasteiger partial charge in [0.15, 0.2) is 11.6 Å². The van der Waals surface area contributed by atoms with Crippen LogP contribution in [0.2, 0.25) is 0 Å². The minimum absolute atomic E-state index is 0.00752. The van der Waals surface area contributed by atoms with E-state index in [2.05, 4.69) is 10.5 Å². The van der Waals surface area contributed by atoms with Crippen LogP contribution >= 0.6 is 0 Å². The highest BCUT2D eigenvalue weighted by molar-refractivity contribution is 5.97. The fourth-order valence-electron chi connectivity index (χ4n) is 6.43. The number of aliphatic hydroxyl groups excluding tert-OH is 4. The maximum absolute atomic E-state index is 15.1. The number of carbonyl (C=O) groups is 1. The van der Waals surface area contributed by atoms with Crippen LogP contribution in [0.1, 0.15) is 31.4 Å². The Morgan fingerprint density at radius 3 is 2.46 bits per heavy atom. The molecule has 50 heavy (non-hydrogen) atoms. The quantitative estimate of drug-likeness (QED) is 0.135. The number of halogens is 2. The number of aliphatic hydroxyl groups is 4. The Bertz CT molecular complexity index is 1590. The lowest BCUT2D eigenvalue weighted by molar-refractivity contribution is -0.155. The standard InChI is InChI=1S/C34H41F2N3O11/c1-17(34(44)37-27-28(41)30(43)33-32(29(27)42)46-16-47-33)11-19-4-6-25(22(36)12-19)49-26-14-24(40)31(50-26)18(2)38-48-15-20-3-5-23(21(35)13-20)39-7-9-45-10-8-39/h3-6,11-13,24,26-33,40-43H,7-10,14-16H2,1-2H3,(H,37,44)/t24-,26+,27+,28-,29+,30+,31+,32-,33+/m0/s1. The van der Waals surface area contributed by atoms with Crippen molar-refractivity contribution in [1.82, 2.24) is 5.32 Å². The van der Waals surface area contributed by atoms with Crippen LogP contribution in [0.5, 0.6) is 5.75 Å². The van der Waals surface area contributed by atoms with Crippen LogP contribution in [-0.4, -0.2) is 120 Å². The molecule has 16 heteroatoms. The summed E-state index contributed by atoms with van der Waals surface area (Å²) in [7, 11) is 0. The van der Waals surface area contributed by atoms with Crippen molar-refractivity contribution >= 4 is 23.4 Å². The third-order valence-corrected chi connectivity index (χ3v) is 9.15. The van der Waals surface area contributed by atoms with Crippen LogP contribution in [0.4, 0.5) is 14.5 Å². The Morgan fingerprint density at radius 2 is 1.74 bits per heavy atom. The first-order valence-electron chi connectivity index (χ1n) is 16.3. The Morgan fingerprint density at radius 1 is 1.00 bits per heavy atom. The number of fused-ring (bicyclic) bond motifs is 1. The number of benzene rings is 2. The Hall–Kier alpha value is -3.74. The zero-order chi connectivity index (χ0) is 35.5. The van der Waals surface area contributed by atoms with Crippen LogP contribution in [0.25, 0.3) is 6.08 Å². The van der Waals surface area contributed by atoms with Crippen LogP contribution in [0.3, 0.4) is 0 Å². The number of hydrogen-bond acceptors (Lipinski definition) is 13. The molecule has 0 aromatic heterocycles. The number of rotatable bonds is 10. The molecule has 4 aliphatic rings. The number of morpholine rings is 1. The van der Waals surface area contributed by atoms with E-state index in [-0.39, 0.29) is 37.0 Å². The van der Waals surface area contributed by atoms with Gasteiger partial charge in [0.1, 0.15) is 55.8 Å². The first kappa shape index (κ1) is 36.1. The number of nitrogens with zero attached hydrogens (tertiary/aromatic N) is 2. The van der Waals surface area contributed by atoms with E-state index >= 15 is 4.39 Å². The molecule has 272 valence electrons. The van der Waals surface area contributed by atoms with Gasteiger partial charge in [-0.3, -0.25) is 4.79 Å². The lowest BCUT2D eigenvalue weighted by atomic mass is 9.83. The Labute approximate surface area is 286 Å². The molecule has 4 fully saturated rings. The topological polar surface area (TPSA) is 181 Å². The second-order valence-corrected chi connectivity index (χ2v) is 12.7. The largest absolute Gasteiger partial charge is 0.462 e. The average Bonchev–Trinajstić information content (AvgIpc) is 3.74. The maximum Gasteiger partial charge on any atom is 0.247 e. The highest BCUT2D eigenvalue weighted by Gasteiger charge is 2.53. The Balaban J connectivity index is 1.00. The number of oxime groups is 1. The molecule has 9 atom stereocenters. The summed E-state index contributed by atoms with van der Waals surface area (Å²) < 4.78 is 57.1. The molecule has 0 radical (unpaired) electrons. The molecule has 3 aliphatic heterocycles. The molecular formula is C34H41F2N3O11. The fraction of sp³-hybridized carbons (Fsp3) is 0.529. The molecule has 0 unspecified atom stereocenters. The van der Waals surface area contributed by atoms with Crippen LogP contribution in [-0.2, 0) is 35.2 Å². The summed E-state index contributed by atoms with van der Waals surface area (Å²) in [5, 5.41) is 48.5. The third-order valence-electron chi connectivity index (χ3n) is 9.15. The van der Waals surface area contributed by atoms with E-state index in [1.165, 1.54) is 31.2 Å². The highest BCUT2D eigenvalue weighted by atomic mass is 19.1. The summed E-state index contributed by atoms with van der Waals surface area (Å²) in [6, 6.07) is 7.62. The van der Waals surface area contributed by atoms with Gasteiger partial charge >= 0.3 is 0 Å². The molecule has 1 amide bonds. The SMILES string of the molecule is CC(=Cc1ccc(O[C@H]2C[C@H](O)[C@@H](C(C)=NOCc3ccc(N4CCOCC4)c(F)c3)O2)c(F)c1)C(=O)N[C@@H]1[C@H](O)[C@@H](O)[C@H]2OCO[C@H]2[C@@H]1O. The second kappa shape index (κ2) is 15.7. The van der Waals surface area contributed by atoms with Crippen molar-refractivity contribution in [1.29, 1.82) is 0 Å². The number of ether oxygens (including phenoxy) is 5. The van der Waals surface area contributed by atoms with Gasteiger partial charge in [-0.2, -0.15) is 0 Å². The van der Waals surface area contributed by atoms with Crippen molar-refractivity contribution in [3.63, 3.8) is 0 Å². The number of hydrogen-bond donors (Lipinski definition) is 5. The van der Waals surface area contributed by atoms with E-state index < -0.39 is 66.8 Å². The predicted octanol–water partition coefficient (Wildman–Crippen LogP) is 0.975. The Kier molecular flexibility index (Phi) is 11.3. The monoisotopic (exact) mass is 705 g/mol. The van der Waals surface area contributed by atoms with Crippen molar-refractivity contribution in [2.24, 2.45) is 5.16 Å². The van der Waals surface area contributed by atoms with E-state index in [4.69, 9.17) is 28.5 Å². The fourth-order valence-corrected chi connectivity index (χ4v) is 6.43. The summed E-state index contributed by atoms with van der Waals surface area (Å²) in [6.07, 6.45) is -7.52. The van der Waals surface area contributed by atoms with E-state index in [9.17, 15) is 29.6 Å². The van der Waals surface area contributed by atoms with Gasteiger partial charge in [0.25, 0.3) is 0 Å². The van der Waals surface area contributed by atoms with Gasteiger partial charge in [-0.15, -0.1) is 0 Å². The second-order valence-electron chi connectivity index (χ2n) is 12.7. The molecule has 3 heterocycles. The van der Waals surface area contributed by atoms with Gasteiger partial charge in [-0.1, -0.05) is 17.3 Å². The summed E-state index contributed by atoms with van der Waals surface area (Å²) in [5.41, 5.74) is 1.84. The summed E-state index contributed by atoms with van der Waals surface area (Å²) in [4.78, 5) is 20.2. The molecule has 1 saturated carbocycles. The molecule has 1 aliphatic carbocycles. The van der Waals surface area contributed by atoms with Crippen molar-refractivity contribution in [3.8, 4) is 5.75 Å². The maximum atomic E-state index is 15.1. The number of nitrogens with one attached hydrogen (secondary N) is 1. The first-order valence-corrected chi connectivity index (χ1v) is 16.3. The number of amides is 1. The highest BCUT2D eigenvalue weighted by Crippen LogP contribution is 2.31. The number of anilines is 1. The van der Waals surface area contributed by atoms with Gasteiger partial charge in [0.05, 0.1) is 36.8 Å². The zero-order valence-electron chi connectivity index (χ0n) is 27.5. The molecule has 2 aromatic rings. The van der Waals surface area contributed by atoms with E-state index in [1.54, 1.807) is 19.1 Å². The van der Waals surface area contributed by atoms with Gasteiger partial charge in [-0.05, 0) is 55.3 Å². The van der Waals surface area contributed by atoms with E-state index in [1.807, 2.05) is 4.90 Å². The normalized spacial score (nSPS) is 31.8. The molecule has 2 aromatic carbocycles. The molecule has 0 spiro atoms. The van der Waals surface area contributed by atoms with Crippen molar-refractivity contribution < 1.29 is 62.5 Å². The molecule has 6 rings (SSSR count). The lowest BCUT2D eigenvalue weighted by Crippen LogP contribution is -2.67. The average molecular weight is 706 g/mol. The summed E-state index contributed by atoms with van der Waals surface area (Å²) >= 11 is 0. The molecular weight excluding hydrogens is 664 g/mol. The van der Waals surface area contributed by atoms with Crippen LogP contribution < -0.4 is 15.0 Å². The van der Waals surface area contributed by atoms with Gasteiger partial charge in [0, 0.05) is 25.1 Å². The minimum Gasteiger partial charge on any atom is -0.462 e. The molecule has 0 bridgehead atoms. The molecule has 5 N–H and O–H groups in total. The van der Waals surface area contributed by atoms with Crippen molar-refractivity contribution in [3.05, 3.63) is 64.7 Å². The minimum atomic E-state index is -1.51. The molecule has 3 saturated heterocycles. The van der Waals surface area contributed by atoms with E-state index in [0.29, 0.717) is 48.8 Å². The van der Waals surface area contributed by atoms with Crippen LogP contribution in [0, 0.1) is 11.6 Å². The van der Waals surface area contributed by atoms with Gasteiger partial charge in [0.2, 0.25) is 12.2 Å². The van der Waals surface area contributed by atoms with Gasteiger partial charge < -0.3 is 59.2 Å². The van der Waals surface area contributed by atoms with E-state index in [0.717, 1.165) is 6.07 Å². The smallest absolute Gasteiger partial charge is 0.247 e. The zero-order valence-corrected chi connectivity index (χ0v) is 27.5. The van der Waals surface area contributed by atoms with Crippen molar-refractivity contribution in [2.75, 3.05) is 38.0 Å². The summed E-state index contributed by atoms with van der Waals surface area (Å²) in [6.45, 7) is 5.22. The van der Waals surface area contributed by atoms with Crippen LogP contribution in [0.15, 0.2) is 47.1 Å². The predicted molar refractivity (Wildman–Crippen MR) is 172 cm³/mol. The van der Waals surface area contributed by atoms with Crippen molar-refractivity contribution in [2.45, 2.75) is 81.9 Å². The molecule has 14 nitrogen and oxygen atoms in total. The number of carbonyl (C=O) groups excluding carboxylic acids is 1.